The molecule has 152 valence electrons. The van der Waals surface area contributed by atoms with Crippen molar-refractivity contribution in [1.82, 2.24) is 5.32 Å². The van der Waals surface area contributed by atoms with Crippen LogP contribution in [0.3, 0.4) is 0 Å². The van der Waals surface area contributed by atoms with Gasteiger partial charge in [-0.2, -0.15) is 0 Å². The summed E-state index contributed by atoms with van der Waals surface area (Å²) >= 11 is 0. The second kappa shape index (κ2) is 8.52. The second-order valence-electron chi connectivity index (χ2n) is 9.17. The molecule has 0 unspecified atom stereocenters. The molecule has 1 aliphatic carbocycles. The largest absolute Gasteiger partial charge is 0.490 e. The van der Waals surface area contributed by atoms with Gasteiger partial charge >= 0.3 is 5.97 Å². The van der Waals surface area contributed by atoms with Crippen LogP contribution in [0.25, 0.3) is 10.8 Å². The van der Waals surface area contributed by atoms with Gasteiger partial charge in [-0.15, -0.1) is 0 Å². The molecule has 2 aromatic carbocycles. The van der Waals surface area contributed by atoms with E-state index in [0.29, 0.717) is 12.0 Å². The van der Waals surface area contributed by atoms with E-state index in [-0.39, 0.29) is 12.6 Å². The number of nitrogens with one attached hydrogen (secondary N) is 1. The number of carboxylic acid groups (broad SMARTS) is 1. The molecular formula is C24H33NO3. The number of carbonyl (C=O) groups is 1. The summed E-state index contributed by atoms with van der Waals surface area (Å²) in [5.74, 6) is 0.801. The Morgan fingerprint density at radius 2 is 1.79 bits per heavy atom. The van der Waals surface area contributed by atoms with E-state index in [9.17, 15) is 4.79 Å². The van der Waals surface area contributed by atoms with Crippen molar-refractivity contribution < 1.29 is 14.6 Å². The van der Waals surface area contributed by atoms with Crippen molar-refractivity contribution in [2.45, 2.75) is 66.0 Å². The van der Waals surface area contributed by atoms with Crippen molar-refractivity contribution in [3.63, 3.8) is 0 Å². The third kappa shape index (κ3) is 4.85. The molecule has 0 radical (unpaired) electrons. The van der Waals surface area contributed by atoms with Crippen molar-refractivity contribution in [2.24, 2.45) is 11.3 Å². The highest BCUT2D eigenvalue weighted by atomic mass is 16.5. The van der Waals surface area contributed by atoms with Crippen molar-refractivity contribution in [2.75, 3.05) is 6.54 Å². The molecular weight excluding hydrogens is 350 g/mol. The maximum Gasteiger partial charge on any atom is 0.317 e. The summed E-state index contributed by atoms with van der Waals surface area (Å²) in [6, 6.07) is 10.4. The number of ether oxygens (including phenoxy) is 1. The number of hydrogen-bond donors (Lipinski definition) is 2. The van der Waals surface area contributed by atoms with E-state index in [4.69, 9.17) is 9.84 Å². The smallest absolute Gasteiger partial charge is 0.317 e. The van der Waals surface area contributed by atoms with Crippen LogP contribution < -0.4 is 10.1 Å². The molecule has 4 heteroatoms. The quantitative estimate of drug-likeness (QED) is 0.710. The monoisotopic (exact) mass is 383 g/mol. The first-order valence-electron chi connectivity index (χ1n) is 10.4. The molecule has 2 aromatic rings. The third-order valence-corrected chi connectivity index (χ3v) is 6.09. The lowest BCUT2D eigenvalue weighted by Crippen LogP contribution is -2.31. The Hall–Kier alpha value is -2.07. The van der Waals surface area contributed by atoms with Crippen LogP contribution in [-0.4, -0.2) is 23.7 Å². The Labute approximate surface area is 168 Å². The normalized spacial score (nSPS) is 20.3. The van der Waals surface area contributed by atoms with Crippen LogP contribution in [0.5, 0.6) is 5.75 Å². The first kappa shape index (κ1) is 20.7. The van der Waals surface area contributed by atoms with Crippen molar-refractivity contribution in [3.8, 4) is 5.75 Å². The van der Waals surface area contributed by atoms with E-state index in [1.54, 1.807) is 0 Å². The molecule has 0 aliphatic heterocycles. The minimum Gasteiger partial charge on any atom is -0.490 e. The molecule has 0 saturated heterocycles. The van der Waals surface area contributed by atoms with Gasteiger partial charge in [-0.05, 0) is 66.3 Å². The van der Waals surface area contributed by atoms with Crippen LogP contribution in [0.2, 0.25) is 0 Å². The van der Waals surface area contributed by atoms with Gasteiger partial charge in [0.2, 0.25) is 0 Å². The van der Waals surface area contributed by atoms with E-state index in [2.05, 4.69) is 51.2 Å². The molecule has 3 rings (SSSR count). The van der Waals surface area contributed by atoms with E-state index in [1.807, 2.05) is 12.1 Å². The summed E-state index contributed by atoms with van der Waals surface area (Å²) < 4.78 is 6.51. The summed E-state index contributed by atoms with van der Waals surface area (Å²) in [6.07, 6.45) is 4.80. The van der Waals surface area contributed by atoms with Crippen LogP contribution in [0, 0.1) is 18.3 Å². The predicted octanol–water partition coefficient (Wildman–Crippen LogP) is 5.31. The lowest BCUT2D eigenvalue weighted by atomic mass is 9.72. The Morgan fingerprint density at radius 1 is 1.14 bits per heavy atom. The van der Waals surface area contributed by atoms with Gasteiger partial charge in [0, 0.05) is 12.1 Å². The molecule has 1 fully saturated rings. The maximum absolute atomic E-state index is 10.9. The van der Waals surface area contributed by atoms with Gasteiger partial charge in [-0.1, -0.05) is 45.0 Å². The van der Waals surface area contributed by atoms with E-state index >= 15 is 0 Å². The number of rotatable bonds is 6. The predicted molar refractivity (Wildman–Crippen MR) is 114 cm³/mol. The summed E-state index contributed by atoms with van der Waals surface area (Å²) in [6.45, 7) is 9.53. The van der Waals surface area contributed by atoms with E-state index in [1.165, 1.54) is 23.8 Å². The lowest BCUT2D eigenvalue weighted by molar-refractivity contribution is -0.136. The van der Waals surface area contributed by atoms with Crippen molar-refractivity contribution >= 4 is 16.7 Å². The average Bonchev–Trinajstić information content (AvgIpc) is 2.64. The van der Waals surface area contributed by atoms with Crippen LogP contribution in [-0.2, 0) is 11.3 Å². The number of aliphatic carboxylic acids is 1. The molecule has 0 atom stereocenters. The van der Waals surface area contributed by atoms with Crippen LogP contribution >= 0.6 is 0 Å². The molecule has 2 N–H and O–H groups in total. The number of aryl methyl sites for hydroxylation is 1. The standard InChI is InChI=1S/C24H33NO3/c1-16-13-22(28-18-11-9-17(10-12-18)24(2,3)4)21(14-25-15-23(26)27)20-8-6-5-7-19(16)20/h5-8,13,17-18,25H,9-12,14-15H2,1-4H3,(H,26,27)/t17-,18-. The van der Waals surface area contributed by atoms with Crippen LogP contribution in [0.15, 0.2) is 30.3 Å². The van der Waals surface area contributed by atoms with Crippen molar-refractivity contribution in [3.05, 3.63) is 41.5 Å². The van der Waals surface area contributed by atoms with Crippen LogP contribution in [0.1, 0.15) is 57.6 Å². The summed E-state index contributed by atoms with van der Waals surface area (Å²) in [5.41, 5.74) is 2.60. The Bertz CT molecular complexity index is 830. The number of benzene rings is 2. The number of fused-ring (bicyclic) bond motifs is 1. The molecule has 0 bridgehead atoms. The number of hydrogen-bond acceptors (Lipinski definition) is 3. The summed E-state index contributed by atoms with van der Waals surface area (Å²) in [5, 5.41) is 14.3. The fraction of sp³-hybridized carbons (Fsp3) is 0.542. The van der Waals surface area contributed by atoms with Crippen LogP contribution in [0.4, 0.5) is 0 Å². The zero-order valence-electron chi connectivity index (χ0n) is 17.5. The minimum absolute atomic E-state index is 0.0572. The molecule has 1 aliphatic rings. The molecule has 0 spiro atoms. The van der Waals surface area contributed by atoms with Gasteiger partial charge in [-0.25, -0.2) is 0 Å². The zero-order valence-corrected chi connectivity index (χ0v) is 17.5. The van der Waals surface area contributed by atoms with Gasteiger partial charge in [0.05, 0.1) is 12.6 Å². The Morgan fingerprint density at radius 3 is 2.39 bits per heavy atom. The fourth-order valence-electron chi connectivity index (χ4n) is 4.39. The van der Waals surface area contributed by atoms with Gasteiger partial charge in [0.25, 0.3) is 0 Å². The topological polar surface area (TPSA) is 58.6 Å². The molecule has 0 amide bonds. The van der Waals surface area contributed by atoms with E-state index < -0.39 is 5.97 Å². The maximum atomic E-state index is 10.9. The van der Waals surface area contributed by atoms with Gasteiger partial charge in [-0.3, -0.25) is 4.79 Å². The molecule has 0 aromatic heterocycles. The van der Waals surface area contributed by atoms with Gasteiger partial charge in [0.1, 0.15) is 5.75 Å². The highest BCUT2D eigenvalue weighted by Gasteiger charge is 2.30. The molecule has 0 heterocycles. The minimum atomic E-state index is -0.848. The Balaban J connectivity index is 1.82. The lowest BCUT2D eigenvalue weighted by Gasteiger charge is -2.37. The van der Waals surface area contributed by atoms with Gasteiger partial charge in [0.15, 0.2) is 0 Å². The summed E-state index contributed by atoms with van der Waals surface area (Å²) in [4.78, 5) is 10.9. The highest BCUT2D eigenvalue weighted by Crippen LogP contribution is 2.40. The Kier molecular flexibility index (Phi) is 6.29. The molecule has 4 nitrogen and oxygen atoms in total. The SMILES string of the molecule is Cc1cc(O[C@H]2CC[C@H](C(C)(C)C)CC2)c(CNCC(=O)O)c2ccccc12. The first-order chi connectivity index (χ1) is 13.3. The highest BCUT2D eigenvalue weighted by molar-refractivity contribution is 5.90. The zero-order chi connectivity index (χ0) is 20.3. The molecule has 28 heavy (non-hydrogen) atoms. The van der Waals surface area contributed by atoms with Crippen molar-refractivity contribution in [1.29, 1.82) is 0 Å². The first-order valence-corrected chi connectivity index (χ1v) is 10.4. The molecule has 1 saturated carbocycles. The fourth-order valence-corrected chi connectivity index (χ4v) is 4.39. The second-order valence-corrected chi connectivity index (χ2v) is 9.17. The van der Waals surface area contributed by atoms with Gasteiger partial charge < -0.3 is 15.2 Å². The average molecular weight is 384 g/mol. The van der Waals surface area contributed by atoms with E-state index in [0.717, 1.165) is 35.5 Å². The third-order valence-electron chi connectivity index (χ3n) is 6.09. The summed E-state index contributed by atoms with van der Waals surface area (Å²) in [7, 11) is 0. The number of carboxylic acids is 1.